The fourth-order valence-electron chi connectivity index (χ4n) is 4.17. The maximum atomic E-state index is 14.1. The normalized spacial score (nSPS) is 14.5. The van der Waals surface area contributed by atoms with Gasteiger partial charge in [-0.05, 0) is 6.07 Å². The Labute approximate surface area is 200 Å². The van der Waals surface area contributed by atoms with Crippen LogP contribution in [-0.2, 0) is 18.4 Å². The van der Waals surface area contributed by atoms with Crippen molar-refractivity contribution in [2.75, 3.05) is 36.4 Å². The number of pyridine rings is 1. The van der Waals surface area contributed by atoms with Gasteiger partial charge in [0, 0.05) is 76.2 Å². The van der Waals surface area contributed by atoms with E-state index in [1.165, 1.54) is 19.1 Å². The molecule has 0 unspecified atom stereocenters. The Morgan fingerprint density at radius 1 is 1.06 bits per heavy atom. The van der Waals surface area contributed by atoms with Crippen molar-refractivity contribution in [3.05, 3.63) is 60.1 Å². The van der Waals surface area contributed by atoms with Crippen LogP contribution >= 0.6 is 0 Å². The molecule has 3 aromatic heterocycles. The van der Waals surface area contributed by atoms with Crippen molar-refractivity contribution in [3.63, 3.8) is 0 Å². The van der Waals surface area contributed by atoms with E-state index in [-0.39, 0.29) is 5.91 Å². The third-order valence-electron chi connectivity index (χ3n) is 5.90. The molecule has 180 valence electrons. The monoisotopic (exact) mass is 478 g/mol. The molecular formula is C24H24F2N8O. The van der Waals surface area contributed by atoms with Crippen LogP contribution in [0.4, 0.5) is 20.4 Å². The Morgan fingerprint density at radius 2 is 1.86 bits per heavy atom. The highest BCUT2D eigenvalue weighted by molar-refractivity contribution is 5.90. The van der Waals surface area contributed by atoms with Gasteiger partial charge in [-0.3, -0.25) is 14.4 Å². The SMILES string of the molecule is CC(=O)Nc1cc2nc(N3CCN(Cc4ccc(F)cc4F)CC3)c(-c3cnn(C)c3)nc2cn1. The van der Waals surface area contributed by atoms with Crippen LogP contribution in [0.5, 0.6) is 0 Å². The van der Waals surface area contributed by atoms with Gasteiger partial charge in [0.1, 0.15) is 28.7 Å². The summed E-state index contributed by atoms with van der Waals surface area (Å²) in [6, 6.07) is 5.39. The quantitative estimate of drug-likeness (QED) is 0.472. The first-order chi connectivity index (χ1) is 16.9. The zero-order valence-corrected chi connectivity index (χ0v) is 19.4. The largest absolute Gasteiger partial charge is 0.352 e. The van der Waals surface area contributed by atoms with Crippen molar-refractivity contribution < 1.29 is 13.6 Å². The van der Waals surface area contributed by atoms with Crippen LogP contribution in [0.3, 0.4) is 0 Å². The molecule has 4 aromatic rings. The molecule has 1 fully saturated rings. The third kappa shape index (κ3) is 4.94. The lowest BCUT2D eigenvalue weighted by molar-refractivity contribution is -0.114. The zero-order chi connectivity index (χ0) is 24.5. The van der Waals surface area contributed by atoms with Gasteiger partial charge in [-0.1, -0.05) is 6.07 Å². The molecule has 0 spiro atoms. The summed E-state index contributed by atoms with van der Waals surface area (Å²) in [5, 5.41) is 6.95. The Kier molecular flexibility index (Phi) is 6.08. The molecule has 1 amide bonds. The lowest BCUT2D eigenvalue weighted by Gasteiger charge is -2.36. The Morgan fingerprint density at radius 3 is 2.54 bits per heavy atom. The van der Waals surface area contributed by atoms with Crippen LogP contribution in [0, 0.1) is 11.6 Å². The summed E-state index contributed by atoms with van der Waals surface area (Å²) in [5.41, 5.74) is 3.21. The average molecular weight is 479 g/mol. The number of benzene rings is 1. The maximum Gasteiger partial charge on any atom is 0.222 e. The van der Waals surface area contributed by atoms with Gasteiger partial charge in [-0.2, -0.15) is 5.10 Å². The summed E-state index contributed by atoms with van der Waals surface area (Å²) in [7, 11) is 1.84. The van der Waals surface area contributed by atoms with Gasteiger partial charge >= 0.3 is 0 Å². The molecule has 9 nitrogen and oxygen atoms in total. The van der Waals surface area contributed by atoms with Crippen molar-refractivity contribution in [2.24, 2.45) is 7.05 Å². The van der Waals surface area contributed by atoms with Crippen molar-refractivity contribution in [2.45, 2.75) is 13.5 Å². The van der Waals surface area contributed by atoms with Gasteiger partial charge in [0.2, 0.25) is 5.91 Å². The molecule has 1 saturated heterocycles. The number of piperazine rings is 1. The Hall–Kier alpha value is -3.99. The second-order valence-electron chi connectivity index (χ2n) is 8.54. The average Bonchev–Trinajstić information content (AvgIpc) is 3.26. The molecule has 1 N–H and O–H groups in total. The number of halogens is 2. The van der Waals surface area contributed by atoms with E-state index in [2.05, 4.69) is 25.2 Å². The highest BCUT2D eigenvalue weighted by Gasteiger charge is 2.24. The Bertz CT molecular complexity index is 1400. The summed E-state index contributed by atoms with van der Waals surface area (Å²) in [6.07, 6.45) is 5.21. The summed E-state index contributed by atoms with van der Waals surface area (Å²) >= 11 is 0. The molecule has 0 bridgehead atoms. The molecule has 1 aliphatic rings. The lowest BCUT2D eigenvalue weighted by atomic mass is 10.1. The van der Waals surface area contributed by atoms with Gasteiger partial charge in [0.05, 0.1) is 17.9 Å². The number of carbonyl (C=O) groups is 1. The molecule has 5 rings (SSSR count). The number of aryl methyl sites for hydroxylation is 1. The van der Waals surface area contributed by atoms with Crippen LogP contribution in [0.1, 0.15) is 12.5 Å². The van der Waals surface area contributed by atoms with Crippen molar-refractivity contribution in [1.29, 1.82) is 0 Å². The minimum atomic E-state index is -0.578. The molecule has 35 heavy (non-hydrogen) atoms. The molecule has 0 aliphatic carbocycles. The highest BCUT2D eigenvalue weighted by Crippen LogP contribution is 2.30. The van der Waals surface area contributed by atoms with E-state index in [0.717, 1.165) is 11.6 Å². The van der Waals surface area contributed by atoms with Crippen molar-refractivity contribution >= 4 is 28.6 Å². The third-order valence-corrected chi connectivity index (χ3v) is 5.90. The number of fused-ring (bicyclic) bond motifs is 1. The second kappa shape index (κ2) is 9.34. The number of carbonyl (C=O) groups excluding carboxylic acids is 1. The second-order valence-corrected chi connectivity index (χ2v) is 8.54. The number of aromatic nitrogens is 5. The predicted molar refractivity (Wildman–Crippen MR) is 128 cm³/mol. The summed E-state index contributed by atoms with van der Waals surface area (Å²) in [6.45, 7) is 4.49. The van der Waals surface area contributed by atoms with Crippen molar-refractivity contribution in [3.8, 4) is 11.3 Å². The van der Waals surface area contributed by atoms with Gasteiger partial charge < -0.3 is 10.2 Å². The Balaban J connectivity index is 1.43. The van der Waals surface area contributed by atoms with Crippen LogP contribution in [0.25, 0.3) is 22.3 Å². The van der Waals surface area contributed by atoms with E-state index in [1.54, 1.807) is 23.1 Å². The van der Waals surface area contributed by atoms with E-state index in [9.17, 15) is 13.6 Å². The molecule has 0 atom stereocenters. The fraction of sp³-hybridized carbons (Fsp3) is 0.292. The van der Waals surface area contributed by atoms with E-state index >= 15 is 0 Å². The molecule has 1 aliphatic heterocycles. The number of nitrogens with one attached hydrogen (secondary N) is 1. The summed E-state index contributed by atoms with van der Waals surface area (Å²) in [5.74, 6) is -0.213. The number of hydrogen-bond donors (Lipinski definition) is 1. The van der Waals surface area contributed by atoms with E-state index < -0.39 is 11.6 Å². The van der Waals surface area contributed by atoms with E-state index in [1.807, 2.05) is 13.2 Å². The summed E-state index contributed by atoms with van der Waals surface area (Å²) in [4.78, 5) is 29.7. The van der Waals surface area contributed by atoms with Gasteiger partial charge in [-0.15, -0.1) is 0 Å². The lowest BCUT2D eigenvalue weighted by Crippen LogP contribution is -2.46. The van der Waals surface area contributed by atoms with E-state index in [4.69, 9.17) is 9.97 Å². The number of rotatable bonds is 5. The molecule has 1 aromatic carbocycles. The standard InChI is InChI=1S/C24H24F2N8O/c1-15(35)29-22-10-20-21(12-27-22)30-23(17-11-28-32(2)13-17)24(31-20)34-7-5-33(6-8-34)14-16-3-4-18(25)9-19(16)26/h3-4,9-13H,5-8,14H2,1-2H3,(H,27,29,35). The minimum absolute atomic E-state index is 0.217. The molecule has 4 heterocycles. The highest BCUT2D eigenvalue weighted by atomic mass is 19.1. The molecular weight excluding hydrogens is 454 g/mol. The van der Waals surface area contributed by atoms with Crippen LogP contribution in [0.2, 0.25) is 0 Å². The number of nitrogens with zero attached hydrogens (tertiary/aromatic N) is 7. The van der Waals surface area contributed by atoms with Crippen LogP contribution in [0.15, 0.2) is 42.9 Å². The predicted octanol–water partition coefficient (Wildman–Crippen LogP) is 2.98. The first kappa shape index (κ1) is 22.8. The number of amides is 1. The number of hydrogen-bond acceptors (Lipinski definition) is 7. The van der Waals surface area contributed by atoms with Gasteiger partial charge in [0.15, 0.2) is 5.82 Å². The fourth-order valence-corrected chi connectivity index (χ4v) is 4.17. The molecule has 11 heteroatoms. The summed E-state index contributed by atoms with van der Waals surface area (Å²) < 4.78 is 29.1. The first-order valence-corrected chi connectivity index (χ1v) is 11.2. The van der Waals surface area contributed by atoms with Crippen LogP contribution in [-0.4, -0.2) is 61.7 Å². The maximum absolute atomic E-state index is 14.1. The smallest absolute Gasteiger partial charge is 0.222 e. The number of anilines is 2. The van der Waals surface area contributed by atoms with Gasteiger partial charge in [0.25, 0.3) is 0 Å². The first-order valence-electron chi connectivity index (χ1n) is 11.2. The minimum Gasteiger partial charge on any atom is -0.352 e. The topological polar surface area (TPSA) is 92.1 Å². The van der Waals surface area contributed by atoms with Crippen molar-refractivity contribution in [1.82, 2.24) is 29.6 Å². The van der Waals surface area contributed by atoms with E-state index in [0.29, 0.717) is 66.7 Å². The van der Waals surface area contributed by atoms with Gasteiger partial charge in [-0.25, -0.2) is 23.7 Å². The molecule has 0 radical (unpaired) electrons. The zero-order valence-electron chi connectivity index (χ0n) is 19.4. The molecule has 0 saturated carbocycles. The van der Waals surface area contributed by atoms with Crippen LogP contribution < -0.4 is 10.2 Å².